The maximum Gasteiger partial charge on any atom is 0.0227 e. The second kappa shape index (κ2) is 2.36. The molecule has 0 heterocycles. The molecular formula is C8H13N. The highest BCUT2D eigenvalue weighted by molar-refractivity contribution is 5.43. The standard InChI is InChI=1S/C8H13N/c1-7-4-8(5-7)6-9(2)3/h4-5H,6H2,1-3H3. The molecule has 0 N–H and O–H groups in total. The van der Waals surface area contributed by atoms with E-state index in [0.717, 1.165) is 6.54 Å². The molecule has 0 aliphatic heterocycles. The molecule has 0 fully saturated rings. The quantitative estimate of drug-likeness (QED) is 0.537. The average molecular weight is 123 g/mol. The van der Waals surface area contributed by atoms with E-state index in [1.165, 1.54) is 11.1 Å². The fourth-order valence-electron chi connectivity index (χ4n) is 1.03. The van der Waals surface area contributed by atoms with Crippen molar-refractivity contribution >= 4 is 0 Å². The Bertz CT molecular complexity index is 163. The Kier molecular flexibility index (Phi) is 1.72. The Labute approximate surface area is 56.7 Å². The van der Waals surface area contributed by atoms with Gasteiger partial charge in [-0.15, -0.1) is 0 Å². The van der Waals surface area contributed by atoms with E-state index in [4.69, 9.17) is 0 Å². The van der Waals surface area contributed by atoms with E-state index in [2.05, 4.69) is 38.1 Å². The predicted octanol–water partition coefficient (Wildman–Crippen LogP) is 1.43. The van der Waals surface area contributed by atoms with Gasteiger partial charge in [0.25, 0.3) is 0 Å². The largest absolute Gasteiger partial charge is 0.305 e. The minimum atomic E-state index is 1.08. The minimum absolute atomic E-state index is 1.08. The number of nitrogens with zero attached hydrogens (tertiary/aromatic N) is 1. The summed E-state index contributed by atoms with van der Waals surface area (Å²) >= 11 is 0. The molecule has 0 aromatic heterocycles. The van der Waals surface area contributed by atoms with E-state index in [1.54, 1.807) is 0 Å². The predicted molar refractivity (Wildman–Crippen MR) is 40.4 cm³/mol. The summed E-state index contributed by atoms with van der Waals surface area (Å²) in [5.41, 5.74) is 2.84. The van der Waals surface area contributed by atoms with Gasteiger partial charge < -0.3 is 4.90 Å². The van der Waals surface area contributed by atoms with Crippen molar-refractivity contribution in [3.05, 3.63) is 23.3 Å². The maximum atomic E-state index is 2.22. The Morgan fingerprint density at radius 3 is 2.22 bits per heavy atom. The summed E-state index contributed by atoms with van der Waals surface area (Å²) in [5, 5.41) is 0. The molecule has 1 aliphatic carbocycles. The van der Waals surface area contributed by atoms with Gasteiger partial charge in [0.2, 0.25) is 0 Å². The molecule has 0 radical (unpaired) electrons. The molecule has 0 spiro atoms. The van der Waals surface area contributed by atoms with Crippen LogP contribution in [0.5, 0.6) is 0 Å². The average Bonchev–Trinajstić information content (AvgIpc) is 1.60. The van der Waals surface area contributed by atoms with Gasteiger partial charge in [-0.1, -0.05) is 17.7 Å². The lowest BCUT2D eigenvalue weighted by Crippen LogP contribution is -2.16. The van der Waals surface area contributed by atoms with Crippen LogP contribution in [-0.2, 0) is 0 Å². The van der Waals surface area contributed by atoms with Crippen molar-refractivity contribution in [3.63, 3.8) is 0 Å². The van der Waals surface area contributed by atoms with Crippen LogP contribution in [0.4, 0.5) is 0 Å². The molecule has 0 aromatic carbocycles. The Balaban J connectivity index is 2.27. The molecule has 0 atom stereocenters. The Hall–Kier alpha value is -0.560. The molecule has 1 rings (SSSR count). The van der Waals surface area contributed by atoms with Gasteiger partial charge in [-0.25, -0.2) is 0 Å². The first kappa shape index (κ1) is 6.56. The van der Waals surface area contributed by atoms with Gasteiger partial charge in [0.1, 0.15) is 0 Å². The van der Waals surface area contributed by atoms with Gasteiger partial charge in [0.05, 0.1) is 0 Å². The molecule has 0 unspecified atom stereocenters. The van der Waals surface area contributed by atoms with Crippen molar-refractivity contribution in [1.82, 2.24) is 4.90 Å². The monoisotopic (exact) mass is 123 g/mol. The molecule has 0 saturated heterocycles. The smallest absolute Gasteiger partial charge is 0.0227 e. The van der Waals surface area contributed by atoms with Crippen molar-refractivity contribution in [2.45, 2.75) is 6.92 Å². The van der Waals surface area contributed by atoms with Crippen LogP contribution in [0.1, 0.15) is 6.92 Å². The molecule has 50 valence electrons. The molecule has 1 nitrogen and oxygen atoms in total. The van der Waals surface area contributed by atoms with Crippen molar-refractivity contribution in [1.29, 1.82) is 0 Å². The summed E-state index contributed by atoms with van der Waals surface area (Å²) in [7, 11) is 4.17. The zero-order valence-corrected chi connectivity index (χ0v) is 6.31. The van der Waals surface area contributed by atoms with Crippen LogP contribution in [0.2, 0.25) is 0 Å². The molecule has 0 bridgehead atoms. The second-order valence-electron chi connectivity index (χ2n) is 2.85. The topological polar surface area (TPSA) is 3.24 Å². The summed E-state index contributed by atoms with van der Waals surface area (Å²) in [6.45, 7) is 3.20. The van der Waals surface area contributed by atoms with E-state index in [9.17, 15) is 0 Å². The van der Waals surface area contributed by atoms with Crippen molar-refractivity contribution in [2.75, 3.05) is 20.6 Å². The molecule has 0 saturated carbocycles. The number of hydrogen-bond acceptors (Lipinski definition) is 1. The highest BCUT2D eigenvalue weighted by atomic mass is 15.0. The van der Waals surface area contributed by atoms with Crippen LogP contribution in [0.15, 0.2) is 23.3 Å². The lowest BCUT2D eigenvalue weighted by atomic mass is 10.0. The molecular weight excluding hydrogens is 110 g/mol. The highest BCUT2D eigenvalue weighted by Gasteiger charge is 2.03. The zero-order chi connectivity index (χ0) is 6.85. The SMILES string of the molecule is CC1=CC(CN(C)C)=C1. The van der Waals surface area contributed by atoms with E-state index < -0.39 is 0 Å². The maximum absolute atomic E-state index is 2.22. The van der Waals surface area contributed by atoms with E-state index in [-0.39, 0.29) is 0 Å². The van der Waals surface area contributed by atoms with Crippen LogP contribution < -0.4 is 0 Å². The van der Waals surface area contributed by atoms with Gasteiger partial charge in [0.15, 0.2) is 0 Å². The third-order valence-corrected chi connectivity index (χ3v) is 1.32. The number of likely N-dealkylation sites (N-methyl/N-ethyl adjacent to an activating group) is 1. The van der Waals surface area contributed by atoms with Crippen molar-refractivity contribution in [3.8, 4) is 0 Å². The fraction of sp³-hybridized carbons (Fsp3) is 0.500. The molecule has 1 aliphatic rings. The van der Waals surface area contributed by atoms with Gasteiger partial charge >= 0.3 is 0 Å². The van der Waals surface area contributed by atoms with E-state index in [1.807, 2.05) is 0 Å². The second-order valence-corrected chi connectivity index (χ2v) is 2.85. The summed E-state index contributed by atoms with van der Waals surface area (Å²) in [6, 6.07) is 0. The zero-order valence-electron chi connectivity index (χ0n) is 6.31. The molecule has 0 aromatic rings. The third-order valence-electron chi connectivity index (χ3n) is 1.32. The third kappa shape index (κ3) is 1.68. The first-order valence-electron chi connectivity index (χ1n) is 3.22. The van der Waals surface area contributed by atoms with Crippen molar-refractivity contribution in [2.24, 2.45) is 0 Å². The minimum Gasteiger partial charge on any atom is -0.305 e. The Morgan fingerprint density at radius 2 is 1.89 bits per heavy atom. The van der Waals surface area contributed by atoms with Gasteiger partial charge in [-0.05, 0) is 26.6 Å². The van der Waals surface area contributed by atoms with E-state index >= 15 is 0 Å². The lowest BCUT2D eigenvalue weighted by Gasteiger charge is -2.16. The lowest BCUT2D eigenvalue weighted by molar-refractivity contribution is 0.447. The van der Waals surface area contributed by atoms with Crippen molar-refractivity contribution < 1.29 is 0 Å². The van der Waals surface area contributed by atoms with Crippen LogP contribution in [-0.4, -0.2) is 25.5 Å². The molecule has 9 heavy (non-hydrogen) atoms. The fourth-order valence-corrected chi connectivity index (χ4v) is 1.03. The van der Waals surface area contributed by atoms with Gasteiger partial charge in [-0.3, -0.25) is 0 Å². The van der Waals surface area contributed by atoms with Gasteiger partial charge in [-0.2, -0.15) is 0 Å². The Morgan fingerprint density at radius 1 is 1.33 bits per heavy atom. The van der Waals surface area contributed by atoms with Crippen LogP contribution >= 0.6 is 0 Å². The number of hydrogen-bond donors (Lipinski definition) is 0. The molecule has 0 amide bonds. The summed E-state index contributed by atoms with van der Waals surface area (Å²) in [6.07, 6.45) is 4.44. The summed E-state index contributed by atoms with van der Waals surface area (Å²) < 4.78 is 0. The van der Waals surface area contributed by atoms with Crippen LogP contribution in [0.25, 0.3) is 0 Å². The number of allylic oxidation sites excluding steroid dienone is 2. The van der Waals surface area contributed by atoms with E-state index in [0.29, 0.717) is 0 Å². The normalized spacial score (nSPS) is 16.9. The number of rotatable bonds is 2. The first-order chi connectivity index (χ1) is 4.18. The van der Waals surface area contributed by atoms with Crippen LogP contribution in [0.3, 0.4) is 0 Å². The highest BCUT2D eigenvalue weighted by Crippen LogP contribution is 2.16. The molecule has 1 heteroatoms. The summed E-state index contributed by atoms with van der Waals surface area (Å²) in [4.78, 5) is 2.18. The van der Waals surface area contributed by atoms with Gasteiger partial charge in [0, 0.05) is 6.54 Å². The van der Waals surface area contributed by atoms with Crippen LogP contribution in [0, 0.1) is 0 Å². The summed E-state index contributed by atoms with van der Waals surface area (Å²) in [5.74, 6) is 0. The first-order valence-corrected chi connectivity index (χ1v) is 3.22.